The average molecular weight is 641 g/mol. The van der Waals surface area contributed by atoms with E-state index in [1.807, 2.05) is 86.6 Å². The van der Waals surface area contributed by atoms with Crippen molar-refractivity contribution in [2.45, 2.75) is 38.8 Å². The number of hydrogen-bond acceptors (Lipinski definition) is 6. The van der Waals surface area contributed by atoms with E-state index in [1.54, 1.807) is 12.1 Å². The van der Waals surface area contributed by atoms with Gasteiger partial charge in [-0.1, -0.05) is 59.9 Å². The molecule has 0 aliphatic rings. The second-order valence-electron chi connectivity index (χ2n) is 10.5. The van der Waals surface area contributed by atoms with Crippen LogP contribution < -0.4 is 0 Å². The van der Waals surface area contributed by atoms with E-state index in [0.29, 0.717) is 11.4 Å². The van der Waals surface area contributed by atoms with Crippen LogP contribution in [-0.4, -0.2) is 19.9 Å². The summed E-state index contributed by atoms with van der Waals surface area (Å²) in [5.41, 5.74) is 0.814. The smallest absolute Gasteiger partial charge is 0.224 e. The number of hydrogen-bond donors (Lipinski definition) is 0. The maximum atomic E-state index is 14.9. The summed E-state index contributed by atoms with van der Waals surface area (Å²) in [6, 6.07) is 31.4. The third kappa shape index (κ3) is 6.92. The summed E-state index contributed by atoms with van der Waals surface area (Å²) >= 11 is 2.93. The Morgan fingerprint density at radius 2 is 0.867 bits per heavy atom. The first kappa shape index (κ1) is 30.5. The van der Waals surface area contributed by atoms with Gasteiger partial charge < -0.3 is 0 Å². The van der Waals surface area contributed by atoms with E-state index >= 15 is 0 Å². The summed E-state index contributed by atoms with van der Waals surface area (Å²) in [7, 11) is 0. The number of aromatic nitrogens is 4. The Bertz CT molecular complexity index is 1850. The number of halogens is 4. The van der Waals surface area contributed by atoms with Gasteiger partial charge in [0.15, 0.2) is 0 Å². The third-order valence-corrected chi connectivity index (χ3v) is 8.98. The van der Waals surface area contributed by atoms with Crippen LogP contribution in [0.2, 0.25) is 0 Å². The van der Waals surface area contributed by atoms with Gasteiger partial charge in [-0.2, -0.15) is 27.5 Å². The molecule has 0 amide bonds. The van der Waals surface area contributed by atoms with Crippen LogP contribution in [0, 0.1) is 23.8 Å². The maximum Gasteiger partial charge on any atom is 0.224 e. The van der Waals surface area contributed by atoms with Crippen molar-refractivity contribution in [3.05, 3.63) is 144 Å². The third-order valence-electron chi connectivity index (χ3n) is 7.02. The van der Waals surface area contributed by atoms with Crippen LogP contribution >= 0.6 is 23.5 Å². The second-order valence-corrected chi connectivity index (χ2v) is 12.8. The fourth-order valence-corrected chi connectivity index (χ4v) is 6.44. The molecule has 4 heterocycles. The Labute approximate surface area is 266 Å². The van der Waals surface area contributed by atoms with Gasteiger partial charge in [-0.25, -0.2) is 0 Å². The summed E-state index contributed by atoms with van der Waals surface area (Å²) in [4.78, 5) is 19.8. The van der Waals surface area contributed by atoms with E-state index in [-0.39, 0.29) is 22.5 Å². The fraction of sp³-hybridized carbons (Fsp3) is 0.0857. The highest BCUT2D eigenvalue weighted by Crippen LogP contribution is 2.40. The zero-order valence-corrected chi connectivity index (χ0v) is 25.6. The van der Waals surface area contributed by atoms with Crippen molar-refractivity contribution in [3.63, 3.8) is 0 Å². The summed E-state index contributed by atoms with van der Waals surface area (Å²) in [6.45, 7) is 3.83. The minimum Gasteiger partial charge on any atom is -0.252 e. The molecule has 4 nitrogen and oxygen atoms in total. The normalized spacial score (nSPS) is 11.5. The minimum atomic E-state index is -0.978. The molecule has 0 saturated carbocycles. The van der Waals surface area contributed by atoms with Gasteiger partial charge in [0.25, 0.3) is 0 Å². The van der Waals surface area contributed by atoms with Gasteiger partial charge in [0.1, 0.15) is 0 Å². The SMILES string of the molecule is CC(C)(c1cc(Sc2ccccc2)cc(-c2ccc(F)nc2F)n1)c1cc(Sc2ccccc2)cc(-c2ccc(F)nc2F)n1. The molecule has 2 aromatic carbocycles. The predicted octanol–water partition coefficient (Wildman–Crippen LogP) is 9.79. The summed E-state index contributed by atoms with van der Waals surface area (Å²) in [5.74, 6) is -3.82. The largest absolute Gasteiger partial charge is 0.252 e. The van der Waals surface area contributed by atoms with Crippen LogP contribution in [0.3, 0.4) is 0 Å². The van der Waals surface area contributed by atoms with Gasteiger partial charge in [0.2, 0.25) is 23.8 Å². The molecule has 0 N–H and O–H groups in total. The molecule has 0 radical (unpaired) electrons. The van der Waals surface area contributed by atoms with Crippen LogP contribution in [0.15, 0.2) is 129 Å². The van der Waals surface area contributed by atoms with E-state index in [1.165, 1.54) is 35.7 Å². The number of rotatable bonds is 8. The quantitative estimate of drug-likeness (QED) is 0.122. The molecule has 0 aliphatic heterocycles. The lowest BCUT2D eigenvalue weighted by Crippen LogP contribution is -2.23. The molecule has 45 heavy (non-hydrogen) atoms. The van der Waals surface area contributed by atoms with Crippen molar-refractivity contribution in [2.24, 2.45) is 0 Å². The van der Waals surface area contributed by atoms with E-state index in [0.717, 1.165) is 31.7 Å². The zero-order valence-electron chi connectivity index (χ0n) is 24.0. The number of pyridine rings is 4. The van der Waals surface area contributed by atoms with Gasteiger partial charge in [0.05, 0.1) is 33.9 Å². The highest BCUT2D eigenvalue weighted by Gasteiger charge is 2.30. The van der Waals surface area contributed by atoms with Gasteiger partial charge in [-0.05, 0) is 86.6 Å². The highest BCUT2D eigenvalue weighted by atomic mass is 32.2. The predicted molar refractivity (Wildman–Crippen MR) is 168 cm³/mol. The van der Waals surface area contributed by atoms with Crippen molar-refractivity contribution in [3.8, 4) is 22.5 Å². The summed E-state index contributed by atoms with van der Waals surface area (Å²) in [5, 5.41) is 0. The van der Waals surface area contributed by atoms with Crippen LogP contribution in [0.1, 0.15) is 25.2 Å². The molecule has 0 unspecified atom stereocenters. The summed E-state index contributed by atoms with van der Waals surface area (Å²) in [6.07, 6.45) is 0. The number of nitrogens with zero attached hydrogens (tertiary/aromatic N) is 4. The lowest BCUT2D eigenvalue weighted by Gasteiger charge is -2.26. The molecule has 6 rings (SSSR count). The molecule has 4 aromatic heterocycles. The van der Waals surface area contributed by atoms with E-state index in [9.17, 15) is 17.6 Å². The first-order chi connectivity index (χ1) is 21.7. The topological polar surface area (TPSA) is 51.6 Å². The van der Waals surface area contributed by atoms with E-state index in [2.05, 4.69) is 9.97 Å². The van der Waals surface area contributed by atoms with Crippen molar-refractivity contribution in [1.82, 2.24) is 19.9 Å². The van der Waals surface area contributed by atoms with Gasteiger partial charge in [0, 0.05) is 25.0 Å². The van der Waals surface area contributed by atoms with Gasteiger partial charge in [-0.15, -0.1) is 0 Å². The van der Waals surface area contributed by atoms with Crippen LogP contribution in [0.25, 0.3) is 22.5 Å². The first-order valence-electron chi connectivity index (χ1n) is 13.8. The minimum absolute atomic E-state index is 0.0467. The van der Waals surface area contributed by atoms with E-state index in [4.69, 9.17) is 9.97 Å². The Kier molecular flexibility index (Phi) is 8.69. The lowest BCUT2D eigenvalue weighted by molar-refractivity contribution is 0.514. The molecule has 0 atom stereocenters. The average Bonchev–Trinajstić information content (AvgIpc) is 3.02. The van der Waals surface area contributed by atoms with Crippen molar-refractivity contribution >= 4 is 23.5 Å². The van der Waals surface area contributed by atoms with Gasteiger partial charge in [-0.3, -0.25) is 9.97 Å². The van der Waals surface area contributed by atoms with Crippen molar-refractivity contribution < 1.29 is 17.6 Å². The van der Waals surface area contributed by atoms with Gasteiger partial charge >= 0.3 is 0 Å². The molecule has 0 aliphatic carbocycles. The van der Waals surface area contributed by atoms with Crippen LogP contribution in [0.5, 0.6) is 0 Å². The molecule has 10 heteroatoms. The number of benzene rings is 2. The Balaban J connectivity index is 1.51. The van der Waals surface area contributed by atoms with Crippen LogP contribution in [-0.2, 0) is 5.41 Å². The highest BCUT2D eigenvalue weighted by molar-refractivity contribution is 7.99. The molecular weight excluding hydrogens is 617 g/mol. The molecule has 0 fully saturated rings. The van der Waals surface area contributed by atoms with Crippen molar-refractivity contribution in [1.29, 1.82) is 0 Å². The second kappa shape index (κ2) is 12.8. The Morgan fingerprint density at radius 1 is 0.467 bits per heavy atom. The molecular formula is C35H24F4N4S2. The van der Waals surface area contributed by atoms with Crippen molar-refractivity contribution in [2.75, 3.05) is 0 Å². The molecule has 6 aromatic rings. The summed E-state index contributed by atoms with van der Waals surface area (Å²) < 4.78 is 57.3. The fourth-order valence-electron chi connectivity index (χ4n) is 4.63. The van der Waals surface area contributed by atoms with E-state index < -0.39 is 29.2 Å². The first-order valence-corrected chi connectivity index (χ1v) is 15.4. The molecule has 0 saturated heterocycles. The maximum absolute atomic E-state index is 14.9. The Hall–Kier alpha value is -4.54. The standard InChI is InChI=1S/C35H24F4N4S2/c1-35(2,29-19-23(44-21-9-5-3-6-10-21)17-27(40-29)25-13-15-31(36)42-33(25)38)30-20-24(45-22-11-7-4-8-12-22)18-28(41-30)26-14-16-32(37)43-34(26)39/h3-20H,1-2H3. The lowest BCUT2D eigenvalue weighted by atomic mass is 9.84. The molecule has 0 bridgehead atoms. The monoisotopic (exact) mass is 640 g/mol. The zero-order chi connectivity index (χ0) is 31.6. The molecule has 224 valence electrons. The van der Waals surface area contributed by atoms with Crippen LogP contribution in [0.4, 0.5) is 17.6 Å². The Morgan fingerprint density at radius 3 is 1.24 bits per heavy atom. The molecule has 0 spiro atoms.